The molecule has 0 aliphatic rings. The number of rotatable bonds is 3. The molecule has 0 fully saturated rings. The largest absolute Gasteiger partial charge is 0.435 e. The molecule has 0 bridgehead atoms. The summed E-state index contributed by atoms with van der Waals surface area (Å²) in [6.45, 7) is 0. The van der Waals surface area contributed by atoms with Gasteiger partial charge in [0.05, 0.1) is 0 Å². The van der Waals surface area contributed by atoms with Crippen LogP contribution in [0.15, 0.2) is 0 Å². The highest BCUT2D eigenvalue weighted by molar-refractivity contribution is 7.31. The Morgan fingerprint density at radius 3 is 2.29 bits per heavy atom. The maximum atomic E-state index is 5.21. The van der Waals surface area contributed by atoms with Crippen molar-refractivity contribution < 1.29 is 8.23 Å². The molecule has 2 nitrogen and oxygen atoms in total. The van der Waals surface area contributed by atoms with Crippen molar-refractivity contribution in [3.8, 4) is 0 Å². The topological polar surface area (TPSA) is 18.5 Å². The van der Waals surface area contributed by atoms with Crippen LogP contribution in [0.1, 0.15) is 0 Å². The van der Waals surface area contributed by atoms with Gasteiger partial charge in [-0.2, -0.15) is 0 Å². The van der Waals surface area contributed by atoms with Crippen LogP contribution >= 0.6 is 22.2 Å². The van der Waals surface area contributed by atoms with Crippen molar-refractivity contribution in [1.29, 1.82) is 0 Å². The molecule has 0 amide bonds. The van der Waals surface area contributed by atoms with E-state index in [0.29, 0.717) is 0 Å². The van der Waals surface area contributed by atoms with Crippen LogP contribution in [0, 0.1) is 0 Å². The summed E-state index contributed by atoms with van der Waals surface area (Å²) in [6, 6.07) is 0. The highest BCUT2D eigenvalue weighted by atomic mass is 35.7. The van der Waals surface area contributed by atoms with E-state index in [9.17, 15) is 0 Å². The monoisotopic (exact) mass is 186 g/mol. The third-order valence-corrected chi connectivity index (χ3v) is 2.83. The molecule has 0 spiro atoms. The first-order chi connectivity index (χ1) is 3.27. The first-order valence-electron chi connectivity index (χ1n) is 1.19. The molecule has 0 aliphatic heterocycles. The molecule has 0 heterocycles. The minimum Gasteiger partial charge on any atom is -0.435 e. The van der Waals surface area contributed by atoms with Gasteiger partial charge in [-0.05, 0) is 0 Å². The van der Waals surface area contributed by atoms with Gasteiger partial charge in [0, 0.05) is 0 Å². The van der Waals surface area contributed by atoms with E-state index in [0.717, 1.165) is 0 Å². The van der Waals surface area contributed by atoms with Crippen LogP contribution in [0.25, 0.3) is 0 Å². The highest BCUT2D eigenvalue weighted by Gasteiger charge is 2.03. The van der Waals surface area contributed by atoms with Crippen molar-refractivity contribution in [2.45, 2.75) is 0 Å². The first kappa shape index (κ1) is 8.15. The minimum absolute atomic E-state index is 0.110. The maximum absolute atomic E-state index is 5.21. The Kier molecular flexibility index (Phi) is 6.16. The molecule has 6 radical (unpaired) electrons. The van der Waals surface area contributed by atoms with Crippen LogP contribution in [0.4, 0.5) is 0 Å². The van der Waals surface area contributed by atoms with E-state index in [4.69, 9.17) is 22.2 Å². The molecule has 0 saturated carbocycles. The van der Waals surface area contributed by atoms with Crippen molar-refractivity contribution in [2.75, 3.05) is 0 Å². The second kappa shape index (κ2) is 5.29. The summed E-state index contributed by atoms with van der Waals surface area (Å²) in [5.41, 5.74) is 0. The summed E-state index contributed by atoms with van der Waals surface area (Å²) in [4.78, 5) is 0. The molecule has 7 heteroatoms. The summed E-state index contributed by atoms with van der Waals surface area (Å²) in [5, 5.41) is 0. The van der Waals surface area contributed by atoms with Gasteiger partial charge < -0.3 is 8.23 Å². The smallest absolute Gasteiger partial charge is 0.429 e. The van der Waals surface area contributed by atoms with Gasteiger partial charge in [-0.3, -0.25) is 0 Å². The number of hydrogen-bond donors (Lipinski definition) is 0. The third kappa shape index (κ3) is 7.15. The van der Waals surface area contributed by atoms with E-state index in [1.54, 1.807) is 0 Å². The second-order valence-corrected chi connectivity index (χ2v) is 5.40. The van der Waals surface area contributed by atoms with Gasteiger partial charge in [0.15, 0.2) is 0 Å². The van der Waals surface area contributed by atoms with Gasteiger partial charge in [-0.25, -0.2) is 0 Å². The lowest BCUT2D eigenvalue weighted by Crippen LogP contribution is -2.08. The Bertz CT molecular complexity index is 39.9. The fourth-order valence-electron chi connectivity index (χ4n) is 0.0523. The zero-order chi connectivity index (χ0) is 5.70. The average molecular weight is 187 g/mol. The van der Waals surface area contributed by atoms with Gasteiger partial charge in [-0.1, -0.05) is 0 Å². The molecule has 0 rings (SSSR count). The third-order valence-electron chi connectivity index (χ3n) is 0.160. The van der Waals surface area contributed by atoms with Gasteiger partial charge in [0.2, 0.25) is 10.5 Å². The predicted molar refractivity (Wildman–Crippen MR) is 31.1 cm³/mol. The molecule has 0 aliphatic carbocycles. The van der Waals surface area contributed by atoms with Crippen molar-refractivity contribution in [3.63, 3.8) is 0 Å². The van der Waals surface area contributed by atoms with Crippen LogP contribution in [0.3, 0.4) is 0 Å². The Morgan fingerprint density at radius 2 is 2.14 bits per heavy atom. The minimum atomic E-state index is -1.60. The second-order valence-electron chi connectivity index (χ2n) is 0.513. The lowest BCUT2D eigenvalue weighted by atomic mass is 15.8. The predicted octanol–water partition coefficient (Wildman–Crippen LogP) is 0.0998. The number of halogens is 2. The Labute approximate surface area is 58.8 Å². The summed E-state index contributed by atoms with van der Waals surface area (Å²) in [6.07, 6.45) is 0. The maximum Gasteiger partial charge on any atom is 0.429 e. The zero-order valence-corrected chi connectivity index (χ0v) is 7.58. The summed E-state index contributed by atoms with van der Waals surface area (Å²) in [7, 11) is 1.00. The lowest BCUT2D eigenvalue weighted by Gasteiger charge is -1.93. The molecule has 0 aromatic heterocycles. The van der Waals surface area contributed by atoms with Gasteiger partial charge in [0.25, 0.3) is 0 Å². The van der Waals surface area contributed by atoms with Crippen molar-refractivity contribution in [2.24, 2.45) is 0 Å². The van der Waals surface area contributed by atoms with Gasteiger partial charge >= 0.3 is 17.7 Å². The Morgan fingerprint density at radius 1 is 1.57 bits per heavy atom. The highest BCUT2D eigenvalue weighted by Crippen LogP contribution is 1.94. The van der Waals surface area contributed by atoms with Crippen molar-refractivity contribution >= 4 is 50.3 Å². The van der Waals surface area contributed by atoms with E-state index in [-0.39, 0.29) is 10.0 Å². The van der Waals surface area contributed by atoms with Crippen LogP contribution in [-0.4, -0.2) is 28.2 Å². The van der Waals surface area contributed by atoms with Crippen LogP contribution < -0.4 is 0 Å². The quantitative estimate of drug-likeness (QED) is 0.461. The molecule has 0 N–H and O–H groups in total. The molecule has 0 saturated heterocycles. The summed E-state index contributed by atoms with van der Waals surface area (Å²) in [5.74, 6) is 0. The molecule has 7 heavy (non-hydrogen) atoms. The van der Waals surface area contributed by atoms with Gasteiger partial charge in [-0.15, -0.1) is 22.2 Å². The van der Waals surface area contributed by atoms with Crippen molar-refractivity contribution in [3.05, 3.63) is 0 Å². The summed E-state index contributed by atoms with van der Waals surface area (Å²) >= 11 is 10.4. The zero-order valence-electron chi connectivity index (χ0n) is 3.07. The molecule has 0 atom stereocenters. The SMILES string of the molecule is [Si]O[Si]O[Si](Cl)Cl. The normalized spacial score (nSPS) is 10.3. The molecule has 0 aromatic carbocycles. The summed E-state index contributed by atoms with van der Waals surface area (Å²) < 4.78 is 8.90. The van der Waals surface area contributed by atoms with Crippen molar-refractivity contribution in [1.82, 2.24) is 0 Å². The standard InChI is InChI=1S/Cl2O2Si3/c1-7(2)4-6-3-5. The lowest BCUT2D eigenvalue weighted by molar-refractivity contribution is 0.507. The molecule has 0 unspecified atom stereocenters. The molecular formula is Cl2O2Si3. The van der Waals surface area contributed by atoms with Crippen LogP contribution in [0.2, 0.25) is 0 Å². The molecular weight excluding hydrogens is 187 g/mol. The van der Waals surface area contributed by atoms with E-state index < -0.39 is 7.66 Å². The van der Waals surface area contributed by atoms with Crippen LogP contribution in [0.5, 0.6) is 0 Å². The Balaban J connectivity index is 2.68. The van der Waals surface area contributed by atoms with Crippen LogP contribution in [-0.2, 0) is 8.23 Å². The molecule has 38 valence electrons. The average Bonchev–Trinajstić information content (AvgIpc) is 1.61. The van der Waals surface area contributed by atoms with E-state index >= 15 is 0 Å². The van der Waals surface area contributed by atoms with E-state index in [1.807, 2.05) is 0 Å². The van der Waals surface area contributed by atoms with Gasteiger partial charge in [0.1, 0.15) is 0 Å². The molecule has 0 aromatic rings. The fraction of sp³-hybridized carbons (Fsp3) is 0. The van der Waals surface area contributed by atoms with E-state index in [1.165, 1.54) is 0 Å². The fourth-order valence-corrected chi connectivity index (χ4v) is 1.41. The first-order valence-corrected chi connectivity index (χ1v) is 5.85. The van der Waals surface area contributed by atoms with E-state index in [2.05, 4.69) is 18.7 Å². The number of hydrogen-bond acceptors (Lipinski definition) is 2. The Hall–Kier alpha value is 1.15.